The summed E-state index contributed by atoms with van der Waals surface area (Å²) >= 11 is 7.22. The normalized spacial score (nSPS) is 11.0. The molecule has 3 aromatic heterocycles. The second-order valence-corrected chi connectivity index (χ2v) is 7.35. The number of hydrogen-bond acceptors (Lipinski definition) is 5. The molecule has 3 heterocycles. The average Bonchev–Trinajstić information content (AvgIpc) is 3.39. The van der Waals surface area contributed by atoms with Crippen LogP contribution in [0.1, 0.15) is 25.9 Å². The van der Waals surface area contributed by atoms with E-state index in [2.05, 4.69) is 10.1 Å². The number of ether oxygens (including phenoxy) is 1. The molecule has 6 nitrogen and oxygen atoms in total. The van der Waals surface area contributed by atoms with Crippen LogP contribution in [0.4, 0.5) is 0 Å². The number of aromatic nitrogens is 3. The van der Waals surface area contributed by atoms with Gasteiger partial charge in [-0.2, -0.15) is 5.10 Å². The highest BCUT2D eigenvalue weighted by Gasteiger charge is 2.19. The Bertz CT molecular complexity index is 1130. The Morgan fingerprint density at radius 3 is 2.74 bits per heavy atom. The van der Waals surface area contributed by atoms with Gasteiger partial charge in [0.15, 0.2) is 6.61 Å². The third kappa shape index (κ3) is 3.39. The fourth-order valence-electron chi connectivity index (χ4n) is 2.69. The quantitative estimate of drug-likeness (QED) is 0.398. The van der Waals surface area contributed by atoms with Gasteiger partial charge in [-0.1, -0.05) is 11.6 Å². The maximum Gasteiger partial charge on any atom is 0.348 e. The molecule has 0 bridgehead atoms. The number of aryl methyl sites for hydroxylation is 1. The van der Waals surface area contributed by atoms with Crippen LogP contribution < -0.4 is 0 Å². The number of Topliss-reactive ketones (excluding diaryl/α,β-unsaturated/α-hetero) is 1. The van der Waals surface area contributed by atoms with Crippen molar-refractivity contribution in [2.24, 2.45) is 0 Å². The van der Waals surface area contributed by atoms with Crippen LogP contribution in [0.5, 0.6) is 0 Å². The first-order chi connectivity index (χ1) is 13.0. The van der Waals surface area contributed by atoms with E-state index in [0.29, 0.717) is 15.6 Å². The summed E-state index contributed by atoms with van der Waals surface area (Å²) in [7, 11) is 0. The molecule has 0 amide bonds. The molecule has 0 aliphatic carbocycles. The van der Waals surface area contributed by atoms with Crippen molar-refractivity contribution in [1.29, 1.82) is 0 Å². The molecule has 0 saturated heterocycles. The number of rotatable bonds is 5. The lowest BCUT2D eigenvalue weighted by Crippen LogP contribution is -2.13. The van der Waals surface area contributed by atoms with Crippen molar-refractivity contribution in [2.45, 2.75) is 6.92 Å². The van der Waals surface area contributed by atoms with Gasteiger partial charge in [0, 0.05) is 16.6 Å². The molecule has 8 heteroatoms. The Morgan fingerprint density at radius 1 is 1.26 bits per heavy atom. The third-order valence-corrected chi connectivity index (χ3v) is 5.39. The fraction of sp³-hybridized carbons (Fsp3) is 0.105. The smallest absolute Gasteiger partial charge is 0.348 e. The molecule has 0 unspecified atom stereocenters. The van der Waals surface area contributed by atoms with Gasteiger partial charge in [0.05, 0.1) is 17.1 Å². The van der Waals surface area contributed by atoms with E-state index in [9.17, 15) is 9.59 Å². The summed E-state index contributed by atoms with van der Waals surface area (Å²) < 4.78 is 6.94. The largest absolute Gasteiger partial charge is 0.453 e. The van der Waals surface area contributed by atoms with E-state index in [-0.39, 0.29) is 12.4 Å². The van der Waals surface area contributed by atoms with Gasteiger partial charge in [-0.05, 0) is 49.4 Å². The third-order valence-electron chi connectivity index (χ3n) is 4.05. The lowest BCUT2D eigenvalue weighted by Gasteiger charge is -2.03. The van der Waals surface area contributed by atoms with Gasteiger partial charge in [-0.25, -0.2) is 9.48 Å². The van der Waals surface area contributed by atoms with Gasteiger partial charge in [-0.3, -0.25) is 4.79 Å². The number of hydrogen-bond donors (Lipinski definition) is 1. The van der Waals surface area contributed by atoms with Gasteiger partial charge in [-0.15, -0.1) is 11.3 Å². The highest BCUT2D eigenvalue weighted by Crippen LogP contribution is 2.31. The Hall–Kier alpha value is -2.90. The van der Waals surface area contributed by atoms with Gasteiger partial charge in [0.25, 0.3) is 0 Å². The minimum Gasteiger partial charge on any atom is -0.453 e. The number of nitrogens with zero attached hydrogens (tertiary/aromatic N) is 2. The number of carbonyl (C=O) groups is 2. The number of fused-ring (bicyclic) bond motifs is 1. The molecule has 4 aromatic rings. The van der Waals surface area contributed by atoms with Crippen LogP contribution >= 0.6 is 22.9 Å². The minimum atomic E-state index is -0.529. The van der Waals surface area contributed by atoms with E-state index in [1.807, 2.05) is 19.1 Å². The van der Waals surface area contributed by atoms with Crippen LogP contribution in [0.25, 0.3) is 15.9 Å². The van der Waals surface area contributed by atoms with Gasteiger partial charge in [0.1, 0.15) is 9.71 Å². The van der Waals surface area contributed by atoms with Crippen molar-refractivity contribution >= 4 is 44.9 Å². The van der Waals surface area contributed by atoms with Crippen LogP contribution in [0.3, 0.4) is 0 Å². The predicted molar refractivity (Wildman–Crippen MR) is 104 cm³/mol. The summed E-state index contributed by atoms with van der Waals surface area (Å²) in [4.78, 5) is 28.4. The summed E-state index contributed by atoms with van der Waals surface area (Å²) in [5, 5.41) is 6.04. The van der Waals surface area contributed by atoms with Gasteiger partial charge < -0.3 is 9.72 Å². The van der Waals surface area contributed by atoms with Crippen LogP contribution in [-0.2, 0) is 4.74 Å². The van der Waals surface area contributed by atoms with Gasteiger partial charge >= 0.3 is 5.97 Å². The van der Waals surface area contributed by atoms with Crippen molar-refractivity contribution in [3.05, 3.63) is 69.9 Å². The Morgan fingerprint density at radius 2 is 2.04 bits per heavy atom. The SMILES string of the molecule is Cc1nn(-c2ccc(Cl)cc2)c2sc(C(=O)OCC(=O)c3ccc[nH]3)cc12. The lowest BCUT2D eigenvalue weighted by atomic mass is 10.3. The molecule has 0 spiro atoms. The molecule has 1 N–H and O–H groups in total. The maximum atomic E-state index is 12.4. The number of H-pyrrole nitrogens is 1. The molecule has 0 atom stereocenters. The number of esters is 1. The molecular weight excluding hydrogens is 386 g/mol. The predicted octanol–water partition coefficient (Wildman–Crippen LogP) is 4.42. The summed E-state index contributed by atoms with van der Waals surface area (Å²) in [6, 6.07) is 12.4. The zero-order valence-corrected chi connectivity index (χ0v) is 15.8. The van der Waals surface area contributed by atoms with Crippen LogP contribution in [0.2, 0.25) is 5.02 Å². The first kappa shape index (κ1) is 17.5. The second-order valence-electron chi connectivity index (χ2n) is 5.89. The second kappa shape index (κ2) is 7.02. The molecule has 27 heavy (non-hydrogen) atoms. The zero-order chi connectivity index (χ0) is 19.0. The first-order valence-electron chi connectivity index (χ1n) is 8.12. The first-order valence-corrected chi connectivity index (χ1v) is 9.31. The van der Waals surface area contributed by atoms with Crippen LogP contribution in [-0.4, -0.2) is 33.1 Å². The maximum absolute atomic E-state index is 12.4. The number of halogens is 1. The summed E-state index contributed by atoms with van der Waals surface area (Å²) in [5.74, 6) is -0.809. The summed E-state index contributed by atoms with van der Waals surface area (Å²) in [5.41, 5.74) is 2.06. The van der Waals surface area contributed by atoms with Crippen molar-refractivity contribution < 1.29 is 14.3 Å². The van der Waals surface area contributed by atoms with E-state index in [1.54, 1.807) is 41.2 Å². The highest BCUT2D eigenvalue weighted by molar-refractivity contribution is 7.20. The fourth-order valence-corrected chi connectivity index (χ4v) is 3.89. The van der Waals surface area contributed by atoms with Crippen molar-refractivity contribution in [3.63, 3.8) is 0 Å². The molecule has 0 radical (unpaired) electrons. The van der Waals surface area contributed by atoms with E-state index in [0.717, 1.165) is 21.6 Å². The monoisotopic (exact) mass is 399 g/mol. The number of carbonyl (C=O) groups excluding carboxylic acids is 2. The van der Waals surface area contributed by atoms with Crippen LogP contribution in [0.15, 0.2) is 48.7 Å². The van der Waals surface area contributed by atoms with E-state index in [1.165, 1.54) is 11.3 Å². The average molecular weight is 400 g/mol. The number of nitrogens with one attached hydrogen (secondary N) is 1. The molecule has 0 saturated carbocycles. The van der Waals surface area contributed by atoms with Crippen molar-refractivity contribution in [1.82, 2.24) is 14.8 Å². The molecule has 0 fully saturated rings. The molecular formula is C19H14ClN3O3S. The van der Waals surface area contributed by atoms with E-state index >= 15 is 0 Å². The number of aromatic amines is 1. The summed E-state index contributed by atoms with van der Waals surface area (Å²) in [6.07, 6.45) is 1.65. The number of thiophene rings is 1. The molecule has 1 aromatic carbocycles. The standard InChI is InChI=1S/C19H14ClN3O3S/c1-11-14-9-17(19(25)26-10-16(24)15-3-2-8-21-15)27-18(14)23(22-11)13-6-4-12(20)5-7-13/h2-9,21H,10H2,1H3. The topological polar surface area (TPSA) is 77.0 Å². The zero-order valence-electron chi connectivity index (χ0n) is 14.2. The van der Waals surface area contributed by atoms with Crippen molar-refractivity contribution in [3.8, 4) is 5.69 Å². The molecule has 0 aliphatic rings. The Labute approximate surface area is 163 Å². The van der Waals surface area contributed by atoms with E-state index in [4.69, 9.17) is 16.3 Å². The number of benzene rings is 1. The molecule has 136 valence electrons. The Balaban J connectivity index is 1.58. The van der Waals surface area contributed by atoms with Gasteiger partial charge in [0.2, 0.25) is 5.78 Å². The lowest BCUT2D eigenvalue weighted by molar-refractivity contribution is 0.0478. The molecule has 0 aliphatic heterocycles. The van der Waals surface area contributed by atoms with Crippen LogP contribution in [0, 0.1) is 6.92 Å². The molecule has 4 rings (SSSR count). The minimum absolute atomic E-state index is 0.280. The van der Waals surface area contributed by atoms with Crippen molar-refractivity contribution in [2.75, 3.05) is 6.61 Å². The highest BCUT2D eigenvalue weighted by atomic mass is 35.5. The number of ketones is 1. The summed E-state index contributed by atoms with van der Waals surface area (Å²) in [6.45, 7) is 1.57. The van der Waals surface area contributed by atoms with E-state index < -0.39 is 5.97 Å². The Kier molecular flexibility index (Phi) is 4.55.